The first-order chi connectivity index (χ1) is 19.2. The van der Waals surface area contributed by atoms with Gasteiger partial charge >= 0.3 is 6.03 Å². The number of aromatic nitrogens is 1. The molecular weight excluding hydrogens is 568 g/mol. The van der Waals surface area contributed by atoms with Crippen molar-refractivity contribution in [2.24, 2.45) is 0 Å². The van der Waals surface area contributed by atoms with Crippen LogP contribution in [0, 0.1) is 0 Å². The maximum Gasteiger partial charge on any atom is 0.323 e. The Kier molecular flexibility index (Phi) is 10.2. The van der Waals surface area contributed by atoms with E-state index < -0.39 is 10.0 Å². The highest BCUT2D eigenvalue weighted by Crippen LogP contribution is 2.36. The minimum atomic E-state index is -3.39. The molecule has 0 radical (unpaired) electrons. The van der Waals surface area contributed by atoms with E-state index in [9.17, 15) is 18.3 Å². The van der Waals surface area contributed by atoms with Crippen LogP contribution in [0.25, 0.3) is 11.3 Å². The molecule has 0 aliphatic rings. The summed E-state index contributed by atoms with van der Waals surface area (Å²) in [4.78, 5) is 19.5. The standard InChI is InChI=1S/C29H31ClN4O4S2/c1-40(37,38)33-24-15-13-23(14-16-24)26-27(30)39-28(31-26)32-29(36)34(18-8-20-35)19-17-25(21-9-4-2-5-10-21)22-11-6-3-7-12-22/h2-7,9-16,25,33,35H,8,17-20H2,1H3,(H,31,32,36). The average Bonchev–Trinajstić information content (AvgIpc) is 3.30. The average molecular weight is 599 g/mol. The Balaban J connectivity index is 1.47. The molecule has 0 aliphatic heterocycles. The number of carbonyl (C=O) groups is 1. The Morgan fingerprint density at radius 1 is 0.975 bits per heavy atom. The highest BCUT2D eigenvalue weighted by Gasteiger charge is 2.21. The van der Waals surface area contributed by atoms with E-state index in [-0.39, 0.29) is 18.6 Å². The molecule has 2 amide bonds. The number of amides is 2. The molecule has 0 fully saturated rings. The lowest BCUT2D eigenvalue weighted by molar-refractivity contribution is 0.200. The number of benzene rings is 3. The van der Waals surface area contributed by atoms with Gasteiger partial charge < -0.3 is 10.0 Å². The summed E-state index contributed by atoms with van der Waals surface area (Å²) in [6.45, 7) is 0.836. The van der Waals surface area contributed by atoms with Crippen molar-refractivity contribution < 1.29 is 18.3 Å². The van der Waals surface area contributed by atoms with Crippen molar-refractivity contribution in [3.05, 3.63) is 100 Å². The molecule has 1 heterocycles. The van der Waals surface area contributed by atoms with Gasteiger partial charge in [0.25, 0.3) is 0 Å². The number of nitrogens with one attached hydrogen (secondary N) is 2. The van der Waals surface area contributed by atoms with Gasteiger partial charge in [-0.3, -0.25) is 10.0 Å². The van der Waals surface area contributed by atoms with E-state index in [0.717, 1.165) is 17.6 Å². The van der Waals surface area contributed by atoms with Gasteiger partial charge in [0.2, 0.25) is 10.0 Å². The fourth-order valence-corrected chi connectivity index (χ4v) is 6.01. The van der Waals surface area contributed by atoms with Gasteiger partial charge in [0.05, 0.1) is 6.26 Å². The summed E-state index contributed by atoms with van der Waals surface area (Å²) < 4.78 is 25.7. The molecule has 0 unspecified atom stereocenters. The number of thiazole rings is 1. The van der Waals surface area contributed by atoms with E-state index in [2.05, 4.69) is 39.3 Å². The van der Waals surface area contributed by atoms with Crippen LogP contribution < -0.4 is 10.0 Å². The second-order valence-electron chi connectivity index (χ2n) is 9.25. The van der Waals surface area contributed by atoms with Crippen molar-refractivity contribution in [3.8, 4) is 11.3 Å². The number of hydrogen-bond donors (Lipinski definition) is 3. The minimum absolute atomic E-state index is 0.0258. The van der Waals surface area contributed by atoms with E-state index in [4.69, 9.17) is 11.6 Å². The minimum Gasteiger partial charge on any atom is -0.396 e. The van der Waals surface area contributed by atoms with Crippen LogP contribution in [0.15, 0.2) is 84.9 Å². The molecular formula is C29H31ClN4O4S2. The van der Waals surface area contributed by atoms with Crippen molar-refractivity contribution >= 4 is 49.8 Å². The van der Waals surface area contributed by atoms with Crippen LogP contribution in [0.4, 0.5) is 15.6 Å². The third kappa shape index (κ3) is 8.28. The van der Waals surface area contributed by atoms with Gasteiger partial charge in [0.1, 0.15) is 10.0 Å². The van der Waals surface area contributed by atoms with Gasteiger partial charge in [-0.2, -0.15) is 0 Å². The molecule has 4 aromatic rings. The van der Waals surface area contributed by atoms with Gasteiger partial charge in [-0.05, 0) is 36.1 Å². The Morgan fingerprint density at radius 2 is 1.57 bits per heavy atom. The summed E-state index contributed by atoms with van der Waals surface area (Å²) >= 11 is 7.60. The number of halogens is 1. The fraction of sp³-hybridized carbons (Fsp3) is 0.241. The topological polar surface area (TPSA) is 112 Å². The maximum atomic E-state index is 13.3. The summed E-state index contributed by atoms with van der Waals surface area (Å²) in [5, 5.41) is 12.7. The third-order valence-corrected chi connectivity index (χ3v) is 8.00. The molecule has 210 valence electrons. The molecule has 0 aliphatic carbocycles. The van der Waals surface area contributed by atoms with Crippen LogP contribution in [-0.4, -0.2) is 55.4 Å². The molecule has 40 heavy (non-hydrogen) atoms. The Hall–Kier alpha value is -3.44. The second kappa shape index (κ2) is 13.8. The van der Waals surface area contributed by atoms with Gasteiger partial charge in [-0.1, -0.05) is 95.7 Å². The SMILES string of the molecule is CS(=O)(=O)Nc1ccc(-c2nc(NC(=O)N(CCCO)CCC(c3ccccc3)c3ccccc3)sc2Cl)cc1. The lowest BCUT2D eigenvalue weighted by atomic mass is 9.88. The molecule has 0 saturated heterocycles. The molecule has 11 heteroatoms. The summed E-state index contributed by atoms with van der Waals surface area (Å²) in [7, 11) is -3.39. The monoisotopic (exact) mass is 598 g/mol. The Morgan fingerprint density at radius 3 is 2.12 bits per heavy atom. The van der Waals surface area contributed by atoms with Crippen LogP contribution in [0.5, 0.6) is 0 Å². The number of aliphatic hydroxyl groups excluding tert-OH is 1. The van der Waals surface area contributed by atoms with Crippen LogP contribution in [0.1, 0.15) is 29.9 Å². The number of nitrogens with zero attached hydrogens (tertiary/aromatic N) is 2. The summed E-state index contributed by atoms with van der Waals surface area (Å²) in [5.74, 6) is 0.105. The number of aliphatic hydroxyl groups is 1. The van der Waals surface area contributed by atoms with E-state index in [1.807, 2.05) is 36.4 Å². The van der Waals surface area contributed by atoms with Crippen LogP contribution in [-0.2, 0) is 10.0 Å². The number of rotatable bonds is 12. The summed E-state index contributed by atoms with van der Waals surface area (Å²) in [6, 6.07) is 26.8. The zero-order chi connectivity index (χ0) is 28.5. The van der Waals surface area contributed by atoms with Crippen molar-refractivity contribution in [3.63, 3.8) is 0 Å². The van der Waals surface area contributed by atoms with Crippen LogP contribution in [0.2, 0.25) is 4.34 Å². The van der Waals surface area contributed by atoms with Crippen molar-refractivity contribution in [2.45, 2.75) is 18.8 Å². The highest BCUT2D eigenvalue weighted by atomic mass is 35.5. The second-order valence-corrected chi connectivity index (χ2v) is 12.6. The van der Waals surface area contributed by atoms with Gasteiger partial charge in [0.15, 0.2) is 5.13 Å². The van der Waals surface area contributed by atoms with Crippen molar-refractivity contribution in [1.29, 1.82) is 0 Å². The summed E-state index contributed by atoms with van der Waals surface area (Å²) in [5.41, 5.74) is 3.94. The number of urea groups is 1. The van der Waals surface area contributed by atoms with Gasteiger partial charge in [0, 0.05) is 36.9 Å². The first-order valence-electron chi connectivity index (χ1n) is 12.7. The first-order valence-corrected chi connectivity index (χ1v) is 15.8. The lowest BCUT2D eigenvalue weighted by Gasteiger charge is -2.26. The lowest BCUT2D eigenvalue weighted by Crippen LogP contribution is -2.37. The number of hydrogen-bond acceptors (Lipinski definition) is 6. The van der Waals surface area contributed by atoms with E-state index in [1.54, 1.807) is 29.2 Å². The molecule has 4 rings (SSSR count). The molecule has 0 bridgehead atoms. The predicted molar refractivity (Wildman–Crippen MR) is 163 cm³/mol. The van der Waals surface area contributed by atoms with Crippen LogP contribution >= 0.6 is 22.9 Å². The highest BCUT2D eigenvalue weighted by molar-refractivity contribution is 7.92. The van der Waals surface area contributed by atoms with E-state index in [0.29, 0.717) is 52.3 Å². The number of sulfonamides is 1. The summed E-state index contributed by atoms with van der Waals surface area (Å²) in [6.07, 6.45) is 2.23. The Bertz CT molecular complexity index is 1460. The smallest absolute Gasteiger partial charge is 0.323 e. The number of carbonyl (C=O) groups excluding carboxylic acids is 1. The maximum absolute atomic E-state index is 13.3. The molecule has 3 N–H and O–H groups in total. The number of anilines is 2. The van der Waals surface area contributed by atoms with E-state index in [1.165, 1.54) is 11.1 Å². The van der Waals surface area contributed by atoms with Gasteiger partial charge in [-0.25, -0.2) is 18.2 Å². The van der Waals surface area contributed by atoms with Crippen molar-refractivity contribution in [2.75, 3.05) is 36.0 Å². The normalized spacial score (nSPS) is 11.4. The molecule has 1 aromatic heterocycles. The molecule has 3 aromatic carbocycles. The van der Waals surface area contributed by atoms with Gasteiger partial charge in [-0.15, -0.1) is 0 Å². The zero-order valence-electron chi connectivity index (χ0n) is 22.0. The molecule has 0 atom stereocenters. The predicted octanol–water partition coefficient (Wildman–Crippen LogP) is 6.27. The first kappa shape index (κ1) is 29.5. The fourth-order valence-electron chi connectivity index (χ4n) is 4.37. The quantitative estimate of drug-likeness (QED) is 0.178. The van der Waals surface area contributed by atoms with Crippen molar-refractivity contribution in [1.82, 2.24) is 9.88 Å². The van der Waals surface area contributed by atoms with E-state index >= 15 is 0 Å². The van der Waals surface area contributed by atoms with Crippen LogP contribution in [0.3, 0.4) is 0 Å². The largest absolute Gasteiger partial charge is 0.396 e. The molecule has 0 saturated carbocycles. The zero-order valence-corrected chi connectivity index (χ0v) is 24.3. The molecule has 0 spiro atoms. The Labute approximate surface area is 243 Å². The third-order valence-electron chi connectivity index (χ3n) is 6.23. The molecule has 8 nitrogen and oxygen atoms in total.